The minimum Gasteiger partial charge on any atom is -0.383 e. The topological polar surface area (TPSA) is 81.2 Å². The van der Waals surface area contributed by atoms with Crippen molar-refractivity contribution in [3.63, 3.8) is 0 Å². The molecule has 0 aliphatic heterocycles. The molecule has 0 radical (unpaired) electrons. The van der Waals surface area contributed by atoms with Gasteiger partial charge in [-0.25, -0.2) is 13.1 Å². The number of sulfone groups is 1. The summed E-state index contributed by atoms with van der Waals surface area (Å²) in [6, 6.07) is 0. The molecule has 1 aromatic rings. The number of aryl methyl sites for hydroxylation is 1. The van der Waals surface area contributed by atoms with Crippen molar-refractivity contribution in [2.75, 3.05) is 31.0 Å². The zero-order chi connectivity index (χ0) is 11.8. The van der Waals surface area contributed by atoms with Crippen molar-refractivity contribution in [1.29, 1.82) is 0 Å². The van der Waals surface area contributed by atoms with E-state index < -0.39 is 9.84 Å². The molecule has 6 nitrogen and oxygen atoms in total. The number of nitrogens with two attached hydrogens (primary N) is 1. The molecular weight excluding hydrogens is 216 g/mol. The van der Waals surface area contributed by atoms with Crippen LogP contribution in [0.4, 0.5) is 11.6 Å². The SMILES string of the molecule is CCn1nc(N(C)C)c(S(C)(=O)=O)c1N. The molecule has 0 atom stereocenters. The molecule has 0 saturated heterocycles. The Morgan fingerprint density at radius 1 is 1.47 bits per heavy atom. The van der Waals surface area contributed by atoms with Crippen LogP contribution in [0.1, 0.15) is 6.92 Å². The summed E-state index contributed by atoms with van der Waals surface area (Å²) in [5.41, 5.74) is 5.73. The molecule has 1 rings (SSSR count). The number of rotatable bonds is 3. The van der Waals surface area contributed by atoms with E-state index in [0.29, 0.717) is 12.4 Å². The Kier molecular flexibility index (Phi) is 2.94. The summed E-state index contributed by atoms with van der Waals surface area (Å²) in [7, 11) is 0.117. The first-order valence-electron chi connectivity index (χ1n) is 4.52. The lowest BCUT2D eigenvalue weighted by molar-refractivity contribution is 0.602. The average Bonchev–Trinajstić information content (AvgIpc) is 2.41. The van der Waals surface area contributed by atoms with Gasteiger partial charge < -0.3 is 10.6 Å². The highest BCUT2D eigenvalue weighted by Crippen LogP contribution is 2.28. The molecule has 1 heterocycles. The van der Waals surface area contributed by atoms with E-state index in [0.717, 1.165) is 6.26 Å². The molecule has 0 aliphatic carbocycles. The van der Waals surface area contributed by atoms with Crippen molar-refractivity contribution in [1.82, 2.24) is 9.78 Å². The van der Waals surface area contributed by atoms with Gasteiger partial charge in [-0.1, -0.05) is 0 Å². The molecule has 0 fully saturated rings. The highest BCUT2D eigenvalue weighted by molar-refractivity contribution is 7.91. The van der Waals surface area contributed by atoms with Crippen LogP contribution in [0.25, 0.3) is 0 Å². The third-order valence-electron chi connectivity index (χ3n) is 2.02. The number of hydrogen-bond acceptors (Lipinski definition) is 5. The lowest BCUT2D eigenvalue weighted by Crippen LogP contribution is -2.13. The monoisotopic (exact) mass is 232 g/mol. The number of hydrogen-bond donors (Lipinski definition) is 1. The van der Waals surface area contributed by atoms with Gasteiger partial charge in [0.1, 0.15) is 5.82 Å². The van der Waals surface area contributed by atoms with Gasteiger partial charge in [-0.2, -0.15) is 5.10 Å². The molecule has 0 aromatic carbocycles. The summed E-state index contributed by atoms with van der Waals surface area (Å²) in [5.74, 6) is 0.584. The Balaban J connectivity index is 3.53. The summed E-state index contributed by atoms with van der Waals surface area (Å²) in [4.78, 5) is 1.74. The summed E-state index contributed by atoms with van der Waals surface area (Å²) < 4.78 is 24.6. The fourth-order valence-corrected chi connectivity index (χ4v) is 2.38. The molecule has 1 aromatic heterocycles. The van der Waals surface area contributed by atoms with Gasteiger partial charge in [0, 0.05) is 26.9 Å². The predicted octanol–water partition coefficient (Wildman–Crippen LogP) is -0.0453. The minimum atomic E-state index is -3.35. The molecule has 0 bridgehead atoms. The van der Waals surface area contributed by atoms with Crippen molar-refractivity contribution in [3.8, 4) is 0 Å². The van der Waals surface area contributed by atoms with Gasteiger partial charge in [-0.3, -0.25) is 0 Å². The molecule has 0 amide bonds. The number of anilines is 2. The molecule has 0 unspecified atom stereocenters. The Morgan fingerprint density at radius 3 is 2.27 bits per heavy atom. The largest absolute Gasteiger partial charge is 0.383 e. The average molecular weight is 232 g/mol. The van der Waals surface area contributed by atoms with E-state index in [1.807, 2.05) is 6.92 Å². The molecule has 2 N–H and O–H groups in total. The van der Waals surface area contributed by atoms with Gasteiger partial charge in [-0.05, 0) is 6.92 Å². The second-order valence-electron chi connectivity index (χ2n) is 3.52. The van der Waals surface area contributed by atoms with Crippen LogP contribution in [-0.2, 0) is 16.4 Å². The minimum absolute atomic E-state index is 0.106. The Bertz CT molecular complexity index is 461. The van der Waals surface area contributed by atoms with Crippen LogP contribution in [0, 0.1) is 0 Å². The molecular formula is C8H16N4O2S. The molecule has 0 aliphatic rings. The van der Waals surface area contributed by atoms with Gasteiger partial charge in [-0.15, -0.1) is 0 Å². The maximum Gasteiger partial charge on any atom is 0.182 e. The van der Waals surface area contributed by atoms with Crippen molar-refractivity contribution in [2.45, 2.75) is 18.4 Å². The highest BCUT2D eigenvalue weighted by atomic mass is 32.2. The van der Waals surface area contributed by atoms with Crippen LogP contribution in [-0.4, -0.2) is 38.5 Å². The lowest BCUT2D eigenvalue weighted by Gasteiger charge is -2.09. The van der Waals surface area contributed by atoms with E-state index in [2.05, 4.69) is 5.10 Å². The molecule has 0 saturated carbocycles. The first kappa shape index (κ1) is 11.8. The van der Waals surface area contributed by atoms with Gasteiger partial charge in [0.2, 0.25) is 0 Å². The molecule has 86 valence electrons. The van der Waals surface area contributed by atoms with E-state index in [1.54, 1.807) is 19.0 Å². The molecule has 0 spiro atoms. The molecule has 7 heteroatoms. The first-order valence-corrected chi connectivity index (χ1v) is 6.41. The lowest BCUT2D eigenvalue weighted by atomic mass is 10.5. The second-order valence-corrected chi connectivity index (χ2v) is 5.47. The van der Waals surface area contributed by atoms with Crippen molar-refractivity contribution in [2.24, 2.45) is 0 Å². The van der Waals surface area contributed by atoms with Crippen molar-refractivity contribution >= 4 is 21.5 Å². The van der Waals surface area contributed by atoms with E-state index in [1.165, 1.54) is 4.68 Å². The van der Waals surface area contributed by atoms with Gasteiger partial charge in [0.15, 0.2) is 20.6 Å². The predicted molar refractivity (Wildman–Crippen MR) is 59.8 cm³/mol. The third-order valence-corrected chi connectivity index (χ3v) is 3.16. The van der Waals surface area contributed by atoms with Gasteiger partial charge in [0.05, 0.1) is 0 Å². The van der Waals surface area contributed by atoms with Crippen LogP contribution >= 0.6 is 0 Å². The third kappa shape index (κ3) is 2.06. The van der Waals surface area contributed by atoms with Gasteiger partial charge in [0.25, 0.3) is 0 Å². The summed E-state index contributed by atoms with van der Waals surface area (Å²) in [5, 5.41) is 4.13. The zero-order valence-corrected chi connectivity index (χ0v) is 10.2. The standard InChI is InChI=1S/C8H16N4O2S/c1-5-12-7(9)6(15(4,13)14)8(10-12)11(2)3/h5,9H2,1-4H3. The van der Waals surface area contributed by atoms with Crippen LogP contribution in [0.3, 0.4) is 0 Å². The normalized spacial score (nSPS) is 11.7. The van der Waals surface area contributed by atoms with E-state index >= 15 is 0 Å². The Hall–Kier alpha value is -1.24. The summed E-state index contributed by atoms with van der Waals surface area (Å²) >= 11 is 0. The first-order chi connectivity index (χ1) is 6.79. The summed E-state index contributed by atoms with van der Waals surface area (Å²) in [6.07, 6.45) is 1.13. The van der Waals surface area contributed by atoms with Crippen LogP contribution in [0.15, 0.2) is 4.90 Å². The van der Waals surface area contributed by atoms with Crippen molar-refractivity contribution in [3.05, 3.63) is 0 Å². The van der Waals surface area contributed by atoms with Crippen LogP contribution in [0.2, 0.25) is 0 Å². The Labute approximate surface area is 89.6 Å². The quantitative estimate of drug-likeness (QED) is 0.790. The fraction of sp³-hybridized carbons (Fsp3) is 0.625. The number of aromatic nitrogens is 2. The van der Waals surface area contributed by atoms with Crippen molar-refractivity contribution < 1.29 is 8.42 Å². The Morgan fingerprint density at radius 2 is 2.00 bits per heavy atom. The highest BCUT2D eigenvalue weighted by Gasteiger charge is 2.24. The van der Waals surface area contributed by atoms with E-state index in [9.17, 15) is 8.42 Å². The van der Waals surface area contributed by atoms with Crippen LogP contribution < -0.4 is 10.6 Å². The maximum atomic E-state index is 11.5. The van der Waals surface area contributed by atoms with Gasteiger partial charge >= 0.3 is 0 Å². The molecule has 15 heavy (non-hydrogen) atoms. The summed E-state index contributed by atoms with van der Waals surface area (Å²) in [6.45, 7) is 2.40. The van der Waals surface area contributed by atoms with E-state index in [4.69, 9.17) is 5.73 Å². The van der Waals surface area contributed by atoms with Crippen LogP contribution in [0.5, 0.6) is 0 Å². The number of nitrogen functional groups attached to an aromatic ring is 1. The van der Waals surface area contributed by atoms with E-state index in [-0.39, 0.29) is 10.7 Å². The maximum absolute atomic E-state index is 11.5. The number of nitrogens with zero attached hydrogens (tertiary/aromatic N) is 3. The smallest absolute Gasteiger partial charge is 0.182 e. The zero-order valence-electron chi connectivity index (χ0n) is 9.35. The second kappa shape index (κ2) is 3.73. The fourth-order valence-electron chi connectivity index (χ4n) is 1.33.